The van der Waals surface area contributed by atoms with E-state index in [2.05, 4.69) is 10.3 Å². The van der Waals surface area contributed by atoms with Gasteiger partial charge in [-0.15, -0.1) is 0 Å². The molecule has 0 fully saturated rings. The molecule has 116 valence electrons. The predicted molar refractivity (Wildman–Crippen MR) is 85.5 cm³/mol. The molecule has 23 heavy (non-hydrogen) atoms. The van der Waals surface area contributed by atoms with Crippen LogP contribution in [0.3, 0.4) is 0 Å². The number of fused-ring (bicyclic) bond motifs is 1. The predicted octanol–water partition coefficient (Wildman–Crippen LogP) is 3.61. The first-order valence-electron chi connectivity index (χ1n) is 6.96. The van der Waals surface area contributed by atoms with Crippen molar-refractivity contribution in [1.82, 2.24) is 4.98 Å². The number of nitrogens with one attached hydrogen (secondary N) is 2. The Morgan fingerprint density at radius 1 is 1.09 bits per heavy atom. The minimum Gasteiger partial charge on any atom is -0.477 e. The second-order valence-electron chi connectivity index (χ2n) is 4.94. The Labute approximate surface area is 131 Å². The molecule has 0 saturated heterocycles. The molecule has 0 spiro atoms. The van der Waals surface area contributed by atoms with E-state index in [-0.39, 0.29) is 12.3 Å². The molecular formula is C17H14N2O4. The lowest BCUT2D eigenvalue weighted by molar-refractivity contribution is 0.0691. The molecule has 3 N–H and O–H groups in total. The Kier molecular flexibility index (Phi) is 3.97. The zero-order valence-electron chi connectivity index (χ0n) is 12.1. The number of anilines is 1. The molecule has 3 rings (SSSR count). The molecule has 0 radical (unpaired) electrons. The summed E-state index contributed by atoms with van der Waals surface area (Å²) in [5.41, 5.74) is 1.95. The summed E-state index contributed by atoms with van der Waals surface area (Å²) in [5, 5.41) is 12.3. The molecule has 0 atom stereocenters. The molecule has 0 aliphatic carbocycles. The summed E-state index contributed by atoms with van der Waals surface area (Å²) in [6, 6.07) is 16.0. The molecule has 1 heterocycles. The van der Waals surface area contributed by atoms with Crippen LogP contribution in [0.4, 0.5) is 10.5 Å². The second kappa shape index (κ2) is 6.23. The van der Waals surface area contributed by atoms with E-state index in [1.165, 1.54) is 6.07 Å². The van der Waals surface area contributed by atoms with Gasteiger partial charge in [-0.1, -0.05) is 42.5 Å². The number of carbonyl (C=O) groups is 2. The number of aromatic carboxylic acids is 1. The molecular weight excluding hydrogens is 296 g/mol. The maximum atomic E-state index is 11.9. The first-order chi connectivity index (χ1) is 11.1. The Morgan fingerprint density at radius 3 is 2.61 bits per heavy atom. The molecule has 0 aliphatic rings. The van der Waals surface area contributed by atoms with Gasteiger partial charge < -0.3 is 14.8 Å². The third-order valence-corrected chi connectivity index (χ3v) is 3.34. The van der Waals surface area contributed by atoms with Crippen molar-refractivity contribution in [3.63, 3.8) is 0 Å². The normalized spacial score (nSPS) is 10.4. The smallest absolute Gasteiger partial charge is 0.412 e. The number of para-hydroxylation sites is 1. The molecule has 1 aromatic heterocycles. The quantitative estimate of drug-likeness (QED) is 0.686. The van der Waals surface area contributed by atoms with E-state index in [1.54, 1.807) is 18.2 Å². The zero-order valence-corrected chi connectivity index (χ0v) is 12.1. The van der Waals surface area contributed by atoms with Crippen molar-refractivity contribution >= 4 is 28.7 Å². The first-order valence-corrected chi connectivity index (χ1v) is 6.96. The molecule has 1 amide bonds. The van der Waals surface area contributed by atoms with Gasteiger partial charge in [-0.25, -0.2) is 9.59 Å². The molecule has 2 aromatic carbocycles. The van der Waals surface area contributed by atoms with E-state index in [4.69, 9.17) is 9.84 Å². The number of carboxylic acid groups (broad SMARTS) is 1. The highest BCUT2D eigenvalue weighted by molar-refractivity contribution is 6.02. The van der Waals surface area contributed by atoms with Crippen LogP contribution in [0, 0.1) is 0 Å². The Hall–Kier alpha value is -3.28. The topological polar surface area (TPSA) is 91.4 Å². The van der Waals surface area contributed by atoms with Crippen LogP contribution in [0.25, 0.3) is 10.9 Å². The number of ether oxygens (including phenoxy) is 1. The highest BCUT2D eigenvalue weighted by Gasteiger charge is 2.12. The molecule has 0 saturated carbocycles. The number of hydrogen-bond donors (Lipinski definition) is 3. The number of hydrogen-bond acceptors (Lipinski definition) is 3. The van der Waals surface area contributed by atoms with Gasteiger partial charge in [-0.3, -0.25) is 5.32 Å². The van der Waals surface area contributed by atoms with Crippen LogP contribution in [0.5, 0.6) is 0 Å². The standard InChI is InChI=1S/C17H14N2O4/c20-16(21)14-9-12-7-4-8-13(15(12)18-14)19-17(22)23-10-11-5-2-1-3-6-11/h1-9,18H,10H2,(H,19,22)(H,20,21). The van der Waals surface area contributed by atoms with Gasteiger partial charge in [0.25, 0.3) is 0 Å². The Morgan fingerprint density at radius 2 is 1.87 bits per heavy atom. The maximum Gasteiger partial charge on any atom is 0.412 e. The summed E-state index contributed by atoms with van der Waals surface area (Å²) >= 11 is 0. The van der Waals surface area contributed by atoms with E-state index >= 15 is 0 Å². The van der Waals surface area contributed by atoms with Gasteiger partial charge in [0.2, 0.25) is 0 Å². The fourth-order valence-electron chi connectivity index (χ4n) is 2.24. The average molecular weight is 310 g/mol. The van der Waals surface area contributed by atoms with Crippen molar-refractivity contribution in [3.8, 4) is 0 Å². The monoisotopic (exact) mass is 310 g/mol. The minimum atomic E-state index is -1.06. The number of H-pyrrole nitrogens is 1. The largest absolute Gasteiger partial charge is 0.477 e. The van der Waals surface area contributed by atoms with Crippen molar-refractivity contribution in [2.75, 3.05) is 5.32 Å². The van der Waals surface area contributed by atoms with Gasteiger partial charge in [0.15, 0.2) is 0 Å². The molecule has 6 nitrogen and oxygen atoms in total. The third-order valence-electron chi connectivity index (χ3n) is 3.34. The minimum absolute atomic E-state index is 0.0619. The summed E-state index contributed by atoms with van der Waals surface area (Å²) in [7, 11) is 0. The summed E-state index contributed by atoms with van der Waals surface area (Å²) in [6.45, 7) is 0.160. The highest BCUT2D eigenvalue weighted by atomic mass is 16.5. The number of carbonyl (C=O) groups excluding carboxylic acids is 1. The SMILES string of the molecule is O=C(Nc1cccc2cc(C(=O)O)[nH]c12)OCc1ccccc1. The number of benzene rings is 2. The van der Waals surface area contributed by atoms with E-state index < -0.39 is 12.1 Å². The van der Waals surface area contributed by atoms with Gasteiger partial charge >= 0.3 is 12.1 Å². The van der Waals surface area contributed by atoms with E-state index in [1.807, 2.05) is 30.3 Å². The summed E-state index contributed by atoms with van der Waals surface area (Å²) in [6.07, 6.45) is -0.604. The summed E-state index contributed by atoms with van der Waals surface area (Å²) < 4.78 is 5.15. The van der Waals surface area contributed by atoms with Crippen LogP contribution in [-0.4, -0.2) is 22.2 Å². The summed E-state index contributed by atoms with van der Waals surface area (Å²) in [5.74, 6) is -1.06. The molecule has 0 aliphatic heterocycles. The molecule has 0 bridgehead atoms. The van der Waals surface area contributed by atoms with E-state index in [9.17, 15) is 9.59 Å². The maximum absolute atomic E-state index is 11.9. The number of aromatic amines is 1. The lowest BCUT2D eigenvalue weighted by Crippen LogP contribution is -2.13. The van der Waals surface area contributed by atoms with Crippen molar-refractivity contribution in [1.29, 1.82) is 0 Å². The van der Waals surface area contributed by atoms with Gasteiger partial charge in [0.1, 0.15) is 12.3 Å². The molecule has 3 aromatic rings. The van der Waals surface area contributed by atoms with Crippen molar-refractivity contribution in [2.45, 2.75) is 6.61 Å². The van der Waals surface area contributed by atoms with Crippen molar-refractivity contribution < 1.29 is 19.4 Å². The van der Waals surface area contributed by atoms with Crippen LogP contribution in [-0.2, 0) is 11.3 Å². The lowest BCUT2D eigenvalue weighted by Gasteiger charge is -2.08. The van der Waals surface area contributed by atoms with Crippen LogP contribution < -0.4 is 5.32 Å². The van der Waals surface area contributed by atoms with Crippen LogP contribution in [0.2, 0.25) is 0 Å². The van der Waals surface area contributed by atoms with Crippen LogP contribution in [0.1, 0.15) is 16.1 Å². The fourth-order valence-corrected chi connectivity index (χ4v) is 2.24. The van der Waals surface area contributed by atoms with Gasteiger partial charge in [0.05, 0.1) is 11.2 Å². The van der Waals surface area contributed by atoms with E-state index in [0.717, 1.165) is 5.56 Å². The number of rotatable bonds is 4. The van der Waals surface area contributed by atoms with Crippen molar-refractivity contribution in [2.24, 2.45) is 0 Å². The van der Waals surface area contributed by atoms with E-state index in [0.29, 0.717) is 16.6 Å². The fraction of sp³-hybridized carbons (Fsp3) is 0.0588. The second-order valence-corrected chi connectivity index (χ2v) is 4.94. The molecule has 0 unspecified atom stereocenters. The van der Waals surface area contributed by atoms with Crippen LogP contribution in [0.15, 0.2) is 54.6 Å². The first kappa shape index (κ1) is 14.6. The average Bonchev–Trinajstić information content (AvgIpc) is 3.00. The van der Waals surface area contributed by atoms with Gasteiger partial charge in [-0.05, 0) is 17.7 Å². The Bertz CT molecular complexity index is 855. The van der Waals surface area contributed by atoms with Crippen LogP contribution >= 0.6 is 0 Å². The zero-order chi connectivity index (χ0) is 16.2. The number of carboxylic acids is 1. The van der Waals surface area contributed by atoms with Crippen molar-refractivity contribution in [3.05, 3.63) is 65.9 Å². The lowest BCUT2D eigenvalue weighted by atomic mass is 10.2. The molecule has 6 heteroatoms. The summed E-state index contributed by atoms with van der Waals surface area (Å²) in [4.78, 5) is 25.7. The number of amides is 1. The Balaban J connectivity index is 1.73. The number of aromatic nitrogens is 1. The van der Waals surface area contributed by atoms with Gasteiger partial charge in [-0.2, -0.15) is 0 Å². The van der Waals surface area contributed by atoms with Gasteiger partial charge in [0, 0.05) is 5.39 Å². The third kappa shape index (κ3) is 3.32. The highest BCUT2D eigenvalue weighted by Crippen LogP contribution is 2.24.